The average molecular weight is 454 g/mol. The molecule has 0 bridgehead atoms. The van der Waals surface area contributed by atoms with Gasteiger partial charge in [-0.3, -0.25) is 4.72 Å². The number of rotatable bonds is 8. The second kappa shape index (κ2) is 9.78. The van der Waals surface area contributed by atoms with Gasteiger partial charge in [-0.2, -0.15) is 13.2 Å². The summed E-state index contributed by atoms with van der Waals surface area (Å²) in [6.45, 7) is -0.0451. The molecule has 0 saturated heterocycles. The van der Waals surface area contributed by atoms with Crippen LogP contribution in [0, 0.1) is 0 Å². The first-order chi connectivity index (χ1) is 14.8. The zero-order valence-electron chi connectivity index (χ0n) is 16.3. The summed E-state index contributed by atoms with van der Waals surface area (Å²) in [6, 6.07) is 12.3. The summed E-state index contributed by atoms with van der Waals surface area (Å²) in [5.41, 5.74) is 1.20. The lowest BCUT2D eigenvalue weighted by molar-refractivity contribution is -0.137. The molecule has 10 heteroatoms. The van der Waals surface area contributed by atoms with Crippen LogP contribution < -0.4 is 14.2 Å². The van der Waals surface area contributed by atoms with Gasteiger partial charge in [0.05, 0.1) is 12.7 Å². The molecule has 5 nitrogen and oxygen atoms in total. The Morgan fingerprint density at radius 3 is 2.55 bits per heavy atom. The summed E-state index contributed by atoms with van der Waals surface area (Å²) in [4.78, 5) is 4.13. The number of methoxy groups -OCH3 is 1. The van der Waals surface area contributed by atoms with Gasteiger partial charge in [0.1, 0.15) is 29.0 Å². The van der Waals surface area contributed by atoms with E-state index in [2.05, 4.69) is 9.71 Å². The Morgan fingerprint density at radius 1 is 1.06 bits per heavy atom. The molecule has 0 spiro atoms. The van der Waals surface area contributed by atoms with E-state index < -0.39 is 28.7 Å². The molecule has 0 aliphatic rings. The van der Waals surface area contributed by atoms with Crippen LogP contribution >= 0.6 is 0 Å². The Hall–Kier alpha value is -3.14. The zero-order valence-corrected chi connectivity index (χ0v) is 17.1. The van der Waals surface area contributed by atoms with Crippen LogP contribution in [0.4, 0.5) is 23.2 Å². The van der Waals surface area contributed by atoms with Gasteiger partial charge in [-0.25, -0.2) is 13.6 Å². The molecule has 1 atom stereocenters. The van der Waals surface area contributed by atoms with E-state index >= 15 is 0 Å². The number of nitrogens with zero attached hydrogens (tertiary/aromatic N) is 1. The average Bonchev–Trinajstić information content (AvgIpc) is 2.77. The van der Waals surface area contributed by atoms with Crippen molar-refractivity contribution in [2.75, 3.05) is 17.8 Å². The second-order valence-corrected chi connectivity index (χ2v) is 7.47. The lowest BCUT2D eigenvalue weighted by Crippen LogP contribution is -2.07. The highest BCUT2D eigenvalue weighted by Crippen LogP contribution is 2.31. The fraction of sp³-hybridized carbons (Fsp3) is 0.190. The number of halogens is 4. The van der Waals surface area contributed by atoms with E-state index in [0.717, 1.165) is 12.1 Å². The fourth-order valence-electron chi connectivity index (χ4n) is 2.77. The monoisotopic (exact) mass is 454 g/mol. The molecule has 0 aliphatic heterocycles. The van der Waals surface area contributed by atoms with Crippen molar-refractivity contribution < 1.29 is 31.2 Å². The molecular formula is C21H18F4N2O3S. The van der Waals surface area contributed by atoms with Crippen molar-refractivity contribution in [2.24, 2.45) is 0 Å². The van der Waals surface area contributed by atoms with Crippen molar-refractivity contribution in [3.05, 3.63) is 71.9 Å². The quantitative estimate of drug-likeness (QED) is 0.466. The third-order valence-corrected chi connectivity index (χ3v) is 4.84. The smallest absolute Gasteiger partial charge is 0.416 e. The van der Waals surface area contributed by atoms with Gasteiger partial charge in [0.2, 0.25) is 5.88 Å². The SMILES string of the molecule is COc1ncc(-c2cccc(OCc3cccc(C(F)(F)F)c3)c2)cc1NS(=O)CF. The van der Waals surface area contributed by atoms with E-state index in [1.165, 1.54) is 19.4 Å². The van der Waals surface area contributed by atoms with E-state index in [0.29, 0.717) is 22.4 Å². The Kier molecular flexibility index (Phi) is 7.11. The molecule has 1 unspecified atom stereocenters. The molecule has 0 radical (unpaired) electrons. The minimum atomic E-state index is -4.42. The number of aromatic nitrogens is 1. The lowest BCUT2D eigenvalue weighted by Gasteiger charge is -2.12. The van der Waals surface area contributed by atoms with Crippen LogP contribution in [0.5, 0.6) is 11.6 Å². The van der Waals surface area contributed by atoms with Crippen LogP contribution in [-0.2, 0) is 23.8 Å². The van der Waals surface area contributed by atoms with Gasteiger partial charge in [-0.05, 0) is 41.5 Å². The van der Waals surface area contributed by atoms with Gasteiger partial charge in [0.15, 0.2) is 6.01 Å². The number of hydrogen-bond donors (Lipinski definition) is 1. The van der Waals surface area contributed by atoms with Crippen molar-refractivity contribution in [3.8, 4) is 22.8 Å². The lowest BCUT2D eigenvalue weighted by atomic mass is 10.1. The highest BCUT2D eigenvalue weighted by Gasteiger charge is 2.30. The van der Waals surface area contributed by atoms with E-state index in [9.17, 15) is 21.8 Å². The Morgan fingerprint density at radius 2 is 1.84 bits per heavy atom. The summed E-state index contributed by atoms with van der Waals surface area (Å²) in [5.74, 6) is 0.593. The van der Waals surface area contributed by atoms with Gasteiger partial charge >= 0.3 is 6.18 Å². The van der Waals surface area contributed by atoms with Crippen LogP contribution in [0.1, 0.15) is 11.1 Å². The van der Waals surface area contributed by atoms with Crippen LogP contribution in [0.2, 0.25) is 0 Å². The van der Waals surface area contributed by atoms with Gasteiger partial charge in [-0.15, -0.1) is 0 Å². The van der Waals surface area contributed by atoms with E-state index in [1.54, 1.807) is 36.4 Å². The van der Waals surface area contributed by atoms with Crippen molar-refractivity contribution >= 4 is 16.7 Å². The number of nitrogens with one attached hydrogen (secondary N) is 1. The molecule has 164 valence electrons. The highest BCUT2D eigenvalue weighted by atomic mass is 32.2. The minimum absolute atomic E-state index is 0.0451. The van der Waals surface area contributed by atoms with E-state index in [4.69, 9.17) is 9.47 Å². The molecular weight excluding hydrogens is 436 g/mol. The molecule has 1 heterocycles. The third-order valence-electron chi connectivity index (χ3n) is 4.19. The number of anilines is 1. The summed E-state index contributed by atoms with van der Waals surface area (Å²) in [7, 11) is -0.550. The summed E-state index contributed by atoms with van der Waals surface area (Å²) >= 11 is 0. The molecule has 1 N–H and O–H groups in total. The maximum Gasteiger partial charge on any atom is 0.416 e. The fourth-order valence-corrected chi connectivity index (χ4v) is 3.21. The van der Waals surface area contributed by atoms with Crippen molar-refractivity contribution in [1.29, 1.82) is 0 Å². The molecule has 31 heavy (non-hydrogen) atoms. The number of pyridine rings is 1. The normalized spacial score (nSPS) is 12.3. The molecule has 2 aromatic carbocycles. The molecule has 0 aliphatic carbocycles. The first-order valence-corrected chi connectivity index (χ1v) is 10.3. The molecule has 3 rings (SSSR count). The van der Waals surface area contributed by atoms with Gasteiger partial charge in [-0.1, -0.05) is 24.3 Å². The first kappa shape index (κ1) is 22.5. The number of alkyl halides is 4. The van der Waals surface area contributed by atoms with E-state index in [1.807, 2.05) is 0 Å². The Balaban J connectivity index is 1.79. The van der Waals surface area contributed by atoms with Gasteiger partial charge in [0, 0.05) is 11.8 Å². The summed E-state index contributed by atoms with van der Waals surface area (Å²) in [5, 5.41) is 0. The Labute approximate surface area is 178 Å². The van der Waals surface area contributed by atoms with E-state index in [-0.39, 0.29) is 18.2 Å². The standard InChI is InChI=1S/C21H18F4N2O3S/c1-29-20-19(27-31(28)13-22)10-16(11-26-20)15-5-3-7-18(9-15)30-12-14-4-2-6-17(8-14)21(23,24)25/h2-11,27H,12-13H2,1H3. The number of hydrogen-bond acceptors (Lipinski definition) is 4. The van der Waals surface area contributed by atoms with Crippen LogP contribution in [0.15, 0.2) is 60.8 Å². The highest BCUT2D eigenvalue weighted by molar-refractivity contribution is 7.86. The van der Waals surface area contributed by atoms with Crippen LogP contribution in [-0.4, -0.2) is 22.3 Å². The number of benzene rings is 2. The van der Waals surface area contributed by atoms with Gasteiger partial charge < -0.3 is 9.47 Å². The zero-order chi connectivity index (χ0) is 22.4. The molecule has 0 fully saturated rings. The Bertz CT molecular complexity index is 1080. The maximum atomic E-state index is 12.9. The molecule has 1 aromatic heterocycles. The van der Waals surface area contributed by atoms with Gasteiger partial charge in [0.25, 0.3) is 0 Å². The van der Waals surface area contributed by atoms with Crippen molar-refractivity contribution in [2.45, 2.75) is 12.8 Å². The predicted octanol–water partition coefficient (Wildman–Crippen LogP) is 5.36. The summed E-state index contributed by atoms with van der Waals surface area (Å²) in [6.07, 6.45) is -2.90. The number of ether oxygens (including phenoxy) is 2. The minimum Gasteiger partial charge on any atom is -0.489 e. The predicted molar refractivity (Wildman–Crippen MR) is 110 cm³/mol. The topological polar surface area (TPSA) is 60.5 Å². The molecule has 0 saturated carbocycles. The van der Waals surface area contributed by atoms with Crippen molar-refractivity contribution in [1.82, 2.24) is 4.98 Å². The summed E-state index contributed by atoms with van der Waals surface area (Å²) < 4.78 is 75.9. The largest absolute Gasteiger partial charge is 0.489 e. The first-order valence-electron chi connectivity index (χ1n) is 8.94. The van der Waals surface area contributed by atoms with Crippen LogP contribution in [0.25, 0.3) is 11.1 Å². The van der Waals surface area contributed by atoms with Crippen LogP contribution in [0.3, 0.4) is 0 Å². The molecule has 0 amide bonds. The molecule has 3 aromatic rings. The second-order valence-electron chi connectivity index (χ2n) is 6.35. The third kappa shape index (κ3) is 5.94. The maximum absolute atomic E-state index is 12.9. The van der Waals surface area contributed by atoms with Crippen molar-refractivity contribution in [3.63, 3.8) is 0 Å².